The number of rotatable bonds is 7. The average molecular weight is 244 g/mol. The quantitative estimate of drug-likeness (QED) is 0.676. The van der Waals surface area contributed by atoms with E-state index in [1.165, 1.54) is 12.1 Å². The van der Waals surface area contributed by atoms with Gasteiger partial charge in [-0.05, 0) is 25.5 Å². The first-order valence-electron chi connectivity index (χ1n) is 5.94. The molecule has 0 aliphatic rings. The maximum absolute atomic E-state index is 13.5. The van der Waals surface area contributed by atoms with Gasteiger partial charge in [-0.25, -0.2) is 0 Å². The largest absolute Gasteiger partial charge is 0.491 e. The van der Waals surface area contributed by atoms with Crippen molar-refractivity contribution >= 4 is 0 Å². The molecule has 0 atom stereocenters. The third-order valence-electron chi connectivity index (χ3n) is 2.32. The fourth-order valence-corrected chi connectivity index (χ4v) is 1.43. The minimum absolute atomic E-state index is 0.0537. The number of halogens is 2. The summed E-state index contributed by atoms with van der Waals surface area (Å²) in [6.07, 6.45) is 2.91. The van der Waals surface area contributed by atoms with Crippen LogP contribution in [-0.4, -0.2) is 13.2 Å². The van der Waals surface area contributed by atoms with Crippen LogP contribution in [0.2, 0.25) is 0 Å². The molecule has 0 amide bonds. The molecule has 0 saturated carbocycles. The molecule has 1 aromatic carbocycles. The van der Waals surface area contributed by atoms with Crippen LogP contribution in [0, 0.1) is 11.6 Å². The van der Waals surface area contributed by atoms with Crippen LogP contribution in [0.5, 0.6) is 11.5 Å². The van der Waals surface area contributed by atoms with E-state index in [0.29, 0.717) is 13.2 Å². The van der Waals surface area contributed by atoms with Gasteiger partial charge in [-0.3, -0.25) is 0 Å². The Hall–Kier alpha value is -1.32. The predicted molar refractivity (Wildman–Crippen MR) is 62.5 cm³/mol. The van der Waals surface area contributed by atoms with Crippen molar-refractivity contribution in [2.45, 2.75) is 33.1 Å². The monoisotopic (exact) mass is 244 g/mol. The molecule has 17 heavy (non-hydrogen) atoms. The van der Waals surface area contributed by atoms with Crippen molar-refractivity contribution in [1.29, 1.82) is 0 Å². The first kappa shape index (κ1) is 13.7. The summed E-state index contributed by atoms with van der Waals surface area (Å²) in [5.41, 5.74) is 0. The Morgan fingerprint density at radius 3 is 2.06 bits per heavy atom. The van der Waals surface area contributed by atoms with E-state index in [1.54, 1.807) is 6.92 Å². The molecule has 0 saturated heterocycles. The van der Waals surface area contributed by atoms with Gasteiger partial charge >= 0.3 is 0 Å². The molecule has 0 N–H and O–H groups in total. The molecule has 0 radical (unpaired) electrons. The van der Waals surface area contributed by atoms with E-state index in [1.807, 2.05) is 0 Å². The maximum atomic E-state index is 13.5. The minimum atomic E-state index is -0.986. The molecule has 0 heterocycles. The van der Waals surface area contributed by atoms with Crippen LogP contribution in [0.1, 0.15) is 33.1 Å². The van der Waals surface area contributed by atoms with Crippen LogP contribution in [0.25, 0.3) is 0 Å². The van der Waals surface area contributed by atoms with E-state index < -0.39 is 11.6 Å². The van der Waals surface area contributed by atoms with Crippen molar-refractivity contribution < 1.29 is 18.3 Å². The van der Waals surface area contributed by atoms with Gasteiger partial charge in [0, 0.05) is 0 Å². The van der Waals surface area contributed by atoms with Crippen molar-refractivity contribution in [2.75, 3.05) is 13.2 Å². The first-order chi connectivity index (χ1) is 8.20. The third kappa shape index (κ3) is 3.88. The lowest BCUT2D eigenvalue weighted by atomic mass is 10.2. The summed E-state index contributed by atoms with van der Waals surface area (Å²) < 4.78 is 37.1. The van der Waals surface area contributed by atoms with E-state index in [-0.39, 0.29) is 11.5 Å². The third-order valence-corrected chi connectivity index (χ3v) is 2.32. The van der Waals surface area contributed by atoms with E-state index in [4.69, 9.17) is 9.47 Å². The number of hydrogen-bond donors (Lipinski definition) is 0. The van der Waals surface area contributed by atoms with Gasteiger partial charge in [0.25, 0.3) is 0 Å². The zero-order valence-corrected chi connectivity index (χ0v) is 10.3. The Bertz CT molecular complexity index is 354. The van der Waals surface area contributed by atoms with Crippen molar-refractivity contribution in [3.63, 3.8) is 0 Å². The summed E-state index contributed by atoms with van der Waals surface area (Å²) in [5.74, 6) is -2.10. The molecule has 0 spiro atoms. The van der Waals surface area contributed by atoms with Gasteiger partial charge < -0.3 is 9.47 Å². The van der Waals surface area contributed by atoms with E-state index in [9.17, 15) is 8.78 Å². The normalized spacial score (nSPS) is 10.4. The van der Waals surface area contributed by atoms with Crippen LogP contribution < -0.4 is 9.47 Å². The summed E-state index contributed by atoms with van der Waals surface area (Å²) >= 11 is 0. The van der Waals surface area contributed by atoms with Crippen molar-refractivity contribution in [2.24, 2.45) is 0 Å². The highest BCUT2D eigenvalue weighted by molar-refractivity contribution is 5.34. The second kappa shape index (κ2) is 7.09. The summed E-state index contributed by atoms with van der Waals surface area (Å²) in [6.45, 7) is 4.48. The van der Waals surface area contributed by atoms with Gasteiger partial charge in [-0.1, -0.05) is 19.8 Å². The highest BCUT2D eigenvalue weighted by Crippen LogP contribution is 2.27. The molecule has 4 heteroatoms. The SMILES string of the molecule is CCCCCOc1ccc(OCC)c(F)c1F. The second-order valence-electron chi connectivity index (χ2n) is 3.68. The molecule has 1 aromatic rings. The molecule has 0 aliphatic carbocycles. The Kier molecular flexibility index (Phi) is 5.73. The maximum Gasteiger partial charge on any atom is 0.204 e. The molecule has 0 unspecified atom stereocenters. The van der Waals surface area contributed by atoms with Crippen molar-refractivity contribution in [3.8, 4) is 11.5 Å². The molecule has 0 aliphatic heterocycles. The lowest BCUT2D eigenvalue weighted by molar-refractivity contribution is 0.276. The Balaban J connectivity index is 2.64. The number of benzene rings is 1. The Morgan fingerprint density at radius 2 is 1.53 bits per heavy atom. The van der Waals surface area contributed by atoms with Gasteiger partial charge in [0.1, 0.15) is 0 Å². The van der Waals surface area contributed by atoms with E-state index >= 15 is 0 Å². The molecule has 1 rings (SSSR count). The van der Waals surface area contributed by atoms with Crippen LogP contribution in [0.15, 0.2) is 12.1 Å². The van der Waals surface area contributed by atoms with Gasteiger partial charge in [0.15, 0.2) is 11.5 Å². The molecule has 96 valence electrons. The number of ether oxygens (including phenoxy) is 2. The molecular formula is C13H18F2O2. The van der Waals surface area contributed by atoms with Crippen molar-refractivity contribution in [1.82, 2.24) is 0 Å². The fraction of sp³-hybridized carbons (Fsp3) is 0.538. The van der Waals surface area contributed by atoms with Crippen molar-refractivity contribution in [3.05, 3.63) is 23.8 Å². The Morgan fingerprint density at radius 1 is 0.941 bits per heavy atom. The van der Waals surface area contributed by atoms with E-state index in [2.05, 4.69) is 6.92 Å². The topological polar surface area (TPSA) is 18.5 Å². The van der Waals surface area contributed by atoms with Crippen LogP contribution in [0.3, 0.4) is 0 Å². The fourth-order valence-electron chi connectivity index (χ4n) is 1.43. The summed E-state index contributed by atoms with van der Waals surface area (Å²) in [4.78, 5) is 0. The number of unbranched alkanes of at least 4 members (excludes halogenated alkanes) is 2. The summed E-state index contributed by atoms with van der Waals surface area (Å²) in [6, 6.07) is 2.78. The zero-order chi connectivity index (χ0) is 12.7. The Labute approximate surface area is 101 Å². The van der Waals surface area contributed by atoms with Gasteiger partial charge in [-0.2, -0.15) is 8.78 Å². The highest BCUT2D eigenvalue weighted by Gasteiger charge is 2.15. The lowest BCUT2D eigenvalue weighted by Crippen LogP contribution is -2.02. The molecule has 2 nitrogen and oxygen atoms in total. The summed E-state index contributed by atoms with van der Waals surface area (Å²) in [7, 11) is 0. The van der Waals surface area contributed by atoms with Gasteiger partial charge in [0.2, 0.25) is 11.6 Å². The average Bonchev–Trinajstić information content (AvgIpc) is 2.33. The molecule has 0 bridgehead atoms. The summed E-state index contributed by atoms with van der Waals surface area (Å²) in [5, 5.41) is 0. The zero-order valence-electron chi connectivity index (χ0n) is 10.3. The number of hydrogen-bond acceptors (Lipinski definition) is 2. The minimum Gasteiger partial charge on any atom is -0.491 e. The molecule has 0 fully saturated rings. The first-order valence-corrected chi connectivity index (χ1v) is 5.94. The van der Waals surface area contributed by atoms with Crippen LogP contribution in [0.4, 0.5) is 8.78 Å². The second-order valence-corrected chi connectivity index (χ2v) is 3.68. The van der Waals surface area contributed by atoms with Gasteiger partial charge in [-0.15, -0.1) is 0 Å². The van der Waals surface area contributed by atoms with Gasteiger partial charge in [0.05, 0.1) is 13.2 Å². The highest BCUT2D eigenvalue weighted by atomic mass is 19.2. The van der Waals surface area contributed by atoms with E-state index in [0.717, 1.165) is 19.3 Å². The van der Waals surface area contributed by atoms with Crippen LogP contribution >= 0.6 is 0 Å². The smallest absolute Gasteiger partial charge is 0.204 e. The molecule has 0 aromatic heterocycles. The van der Waals surface area contributed by atoms with Crippen LogP contribution in [-0.2, 0) is 0 Å². The predicted octanol–water partition coefficient (Wildman–Crippen LogP) is 3.93. The molecular weight excluding hydrogens is 226 g/mol. The lowest BCUT2D eigenvalue weighted by Gasteiger charge is -2.10. The standard InChI is InChI=1S/C13H18F2O2/c1-3-5-6-9-17-11-8-7-10(16-4-2)12(14)13(11)15/h7-8H,3-6,9H2,1-2H3.